The zero-order valence-electron chi connectivity index (χ0n) is 13.9. The summed E-state index contributed by atoms with van der Waals surface area (Å²) in [6.07, 6.45) is 0.825. The van der Waals surface area contributed by atoms with E-state index >= 15 is 0 Å². The number of amides is 1. The Kier molecular flexibility index (Phi) is 4.71. The van der Waals surface area contributed by atoms with Crippen molar-refractivity contribution in [3.63, 3.8) is 0 Å². The number of benzene rings is 2. The van der Waals surface area contributed by atoms with Crippen molar-refractivity contribution < 1.29 is 9.90 Å². The second kappa shape index (κ2) is 7.10. The third kappa shape index (κ3) is 3.48. The number of aromatic hydroxyl groups is 1. The summed E-state index contributed by atoms with van der Waals surface area (Å²) in [6, 6.07) is 18.5. The molecule has 1 atom stereocenters. The molecule has 0 spiro atoms. The average Bonchev–Trinajstić information content (AvgIpc) is 2.95. The van der Waals surface area contributed by atoms with E-state index in [1.54, 1.807) is 29.8 Å². The van der Waals surface area contributed by atoms with Gasteiger partial charge in [0.15, 0.2) is 0 Å². The first-order valence-electron chi connectivity index (χ1n) is 8.09. The van der Waals surface area contributed by atoms with Crippen molar-refractivity contribution in [1.29, 1.82) is 5.26 Å². The molecular weight excluding hydrogens is 314 g/mol. The van der Waals surface area contributed by atoms with E-state index in [2.05, 4.69) is 11.4 Å². The number of hydrogen-bond donors (Lipinski definition) is 2. The predicted molar refractivity (Wildman–Crippen MR) is 96.2 cm³/mol. The lowest BCUT2D eigenvalue weighted by Crippen LogP contribution is -2.37. The molecule has 3 rings (SSSR count). The van der Waals surface area contributed by atoms with Gasteiger partial charge in [0.25, 0.3) is 5.91 Å². The Bertz CT molecular complexity index is 939. The van der Waals surface area contributed by atoms with Crippen molar-refractivity contribution in [3.05, 3.63) is 65.9 Å². The highest BCUT2D eigenvalue weighted by Crippen LogP contribution is 2.27. The Balaban J connectivity index is 1.83. The number of phenolic OH excluding ortho intramolecular Hbond substituents is 1. The normalized spacial score (nSPS) is 11.8. The molecule has 3 aromatic rings. The van der Waals surface area contributed by atoms with Crippen LogP contribution in [0.2, 0.25) is 0 Å². The van der Waals surface area contributed by atoms with Crippen LogP contribution in [0, 0.1) is 11.3 Å². The van der Waals surface area contributed by atoms with Crippen molar-refractivity contribution >= 4 is 16.8 Å². The van der Waals surface area contributed by atoms with Gasteiger partial charge in [-0.15, -0.1) is 0 Å². The standard InChI is InChI=1S/C20H19N3O2/c1-23-17-8-5-9-19(24)16(17)13-18(23)20(25)22-15(10-11-21)12-14-6-3-2-4-7-14/h2-9,13,15,24H,10,12H2,1H3,(H,22,25). The van der Waals surface area contributed by atoms with Gasteiger partial charge in [0.2, 0.25) is 0 Å². The summed E-state index contributed by atoms with van der Waals surface area (Å²) in [4.78, 5) is 12.7. The first kappa shape index (κ1) is 16.6. The minimum atomic E-state index is -0.272. The summed E-state index contributed by atoms with van der Waals surface area (Å²) >= 11 is 0. The lowest BCUT2D eigenvalue weighted by atomic mass is 10.0. The van der Waals surface area contributed by atoms with Gasteiger partial charge < -0.3 is 15.0 Å². The van der Waals surface area contributed by atoms with Crippen LogP contribution in [0.3, 0.4) is 0 Å². The second-order valence-corrected chi connectivity index (χ2v) is 6.02. The topological polar surface area (TPSA) is 78.0 Å². The maximum absolute atomic E-state index is 12.7. The van der Waals surface area contributed by atoms with Gasteiger partial charge in [0, 0.05) is 18.5 Å². The molecule has 1 heterocycles. The van der Waals surface area contributed by atoms with E-state index in [-0.39, 0.29) is 24.1 Å². The summed E-state index contributed by atoms with van der Waals surface area (Å²) in [7, 11) is 1.78. The number of carbonyl (C=O) groups is 1. The predicted octanol–water partition coefficient (Wildman–Crippen LogP) is 3.14. The largest absolute Gasteiger partial charge is 0.507 e. The first-order chi connectivity index (χ1) is 12.1. The van der Waals surface area contributed by atoms with Crippen LogP contribution in [-0.4, -0.2) is 21.6 Å². The maximum atomic E-state index is 12.7. The highest BCUT2D eigenvalue weighted by molar-refractivity contribution is 6.00. The Morgan fingerprint density at radius 2 is 2.00 bits per heavy atom. The molecule has 1 aromatic heterocycles. The van der Waals surface area contributed by atoms with E-state index < -0.39 is 0 Å². The number of hydrogen-bond acceptors (Lipinski definition) is 3. The molecule has 0 saturated heterocycles. The molecule has 126 valence electrons. The third-order valence-corrected chi connectivity index (χ3v) is 4.29. The SMILES string of the molecule is Cn1c(C(=O)NC(CC#N)Cc2ccccc2)cc2c(O)cccc21. The van der Waals surface area contributed by atoms with Crippen molar-refractivity contribution in [2.75, 3.05) is 0 Å². The van der Waals surface area contributed by atoms with Crippen molar-refractivity contribution in [1.82, 2.24) is 9.88 Å². The van der Waals surface area contributed by atoms with Crippen molar-refractivity contribution in [2.24, 2.45) is 7.05 Å². The minimum Gasteiger partial charge on any atom is -0.507 e. The monoisotopic (exact) mass is 333 g/mol. The number of aryl methyl sites for hydroxylation is 1. The number of nitrogens with one attached hydrogen (secondary N) is 1. The van der Waals surface area contributed by atoms with E-state index in [4.69, 9.17) is 5.26 Å². The molecule has 0 aliphatic rings. The highest BCUT2D eigenvalue weighted by atomic mass is 16.3. The zero-order chi connectivity index (χ0) is 17.8. The van der Waals surface area contributed by atoms with E-state index in [1.807, 2.05) is 36.4 Å². The zero-order valence-corrected chi connectivity index (χ0v) is 13.9. The van der Waals surface area contributed by atoms with Crippen LogP contribution in [0.1, 0.15) is 22.5 Å². The molecule has 2 aromatic carbocycles. The van der Waals surface area contributed by atoms with Crippen LogP contribution < -0.4 is 5.32 Å². The third-order valence-electron chi connectivity index (χ3n) is 4.29. The lowest BCUT2D eigenvalue weighted by Gasteiger charge is -2.16. The van der Waals surface area contributed by atoms with Crippen LogP contribution in [0.5, 0.6) is 5.75 Å². The van der Waals surface area contributed by atoms with Crippen molar-refractivity contribution in [2.45, 2.75) is 18.9 Å². The van der Waals surface area contributed by atoms with Gasteiger partial charge in [0.1, 0.15) is 11.4 Å². The van der Waals surface area contributed by atoms with Crippen LogP contribution in [0.15, 0.2) is 54.6 Å². The average molecular weight is 333 g/mol. The molecule has 0 radical (unpaired) electrons. The molecule has 0 aliphatic carbocycles. The van der Waals surface area contributed by atoms with Crippen LogP contribution in [-0.2, 0) is 13.5 Å². The molecule has 25 heavy (non-hydrogen) atoms. The fourth-order valence-electron chi connectivity index (χ4n) is 3.01. The number of fused-ring (bicyclic) bond motifs is 1. The summed E-state index contributed by atoms with van der Waals surface area (Å²) in [6.45, 7) is 0. The smallest absolute Gasteiger partial charge is 0.268 e. The van der Waals surface area contributed by atoms with Gasteiger partial charge in [-0.2, -0.15) is 5.26 Å². The Hall–Kier alpha value is -3.26. The number of nitrogens with zero attached hydrogens (tertiary/aromatic N) is 2. The molecule has 5 heteroatoms. The summed E-state index contributed by atoms with van der Waals surface area (Å²) in [5, 5.41) is 22.6. The molecular formula is C20H19N3O2. The molecule has 1 amide bonds. The fraction of sp³-hybridized carbons (Fsp3) is 0.200. The van der Waals surface area contributed by atoms with Crippen LogP contribution >= 0.6 is 0 Å². The molecule has 0 bridgehead atoms. The van der Waals surface area contributed by atoms with E-state index in [0.717, 1.165) is 11.1 Å². The minimum absolute atomic E-state index is 0.144. The molecule has 2 N–H and O–H groups in total. The summed E-state index contributed by atoms with van der Waals surface area (Å²) in [5.41, 5.74) is 2.30. The number of carbonyl (C=O) groups excluding carboxylic acids is 1. The van der Waals surface area contributed by atoms with Gasteiger partial charge >= 0.3 is 0 Å². The van der Waals surface area contributed by atoms with E-state index in [9.17, 15) is 9.90 Å². The van der Waals surface area contributed by atoms with E-state index in [0.29, 0.717) is 17.5 Å². The quantitative estimate of drug-likeness (QED) is 0.753. The van der Waals surface area contributed by atoms with Crippen LogP contribution in [0.4, 0.5) is 0 Å². The molecule has 1 unspecified atom stereocenters. The summed E-state index contributed by atoms with van der Waals surface area (Å²) < 4.78 is 1.75. The van der Waals surface area contributed by atoms with Crippen molar-refractivity contribution in [3.8, 4) is 11.8 Å². The van der Waals surface area contributed by atoms with Gasteiger partial charge in [-0.1, -0.05) is 36.4 Å². The molecule has 5 nitrogen and oxygen atoms in total. The van der Waals surface area contributed by atoms with Gasteiger partial charge in [-0.25, -0.2) is 0 Å². The maximum Gasteiger partial charge on any atom is 0.268 e. The Labute approximate surface area is 146 Å². The molecule has 0 aliphatic heterocycles. The highest BCUT2D eigenvalue weighted by Gasteiger charge is 2.19. The first-order valence-corrected chi connectivity index (χ1v) is 8.09. The fourth-order valence-corrected chi connectivity index (χ4v) is 3.01. The van der Waals surface area contributed by atoms with Gasteiger partial charge in [-0.05, 0) is 30.2 Å². The van der Waals surface area contributed by atoms with Gasteiger partial charge in [-0.3, -0.25) is 4.79 Å². The number of rotatable bonds is 5. The summed E-state index contributed by atoms with van der Waals surface area (Å²) in [5.74, 6) is -0.112. The van der Waals surface area contributed by atoms with E-state index in [1.165, 1.54) is 0 Å². The number of nitriles is 1. The molecule has 0 saturated carbocycles. The number of aromatic nitrogens is 1. The van der Waals surface area contributed by atoms with Crippen LogP contribution in [0.25, 0.3) is 10.9 Å². The second-order valence-electron chi connectivity index (χ2n) is 6.02. The van der Waals surface area contributed by atoms with Gasteiger partial charge in [0.05, 0.1) is 18.0 Å². The molecule has 0 fully saturated rings. The Morgan fingerprint density at radius 1 is 1.24 bits per heavy atom. The Morgan fingerprint density at radius 3 is 2.68 bits per heavy atom. The number of phenols is 1. The lowest BCUT2D eigenvalue weighted by molar-refractivity contribution is 0.0929.